The molecule has 0 radical (unpaired) electrons. The predicted octanol–water partition coefficient (Wildman–Crippen LogP) is 5.87. The third kappa shape index (κ3) is 4.66. The van der Waals surface area contributed by atoms with Gasteiger partial charge in [0.25, 0.3) is 5.91 Å². The highest BCUT2D eigenvalue weighted by atomic mass is 19.1. The number of fused-ring (bicyclic) bond motifs is 5. The Morgan fingerprint density at radius 3 is 2.72 bits per heavy atom. The van der Waals surface area contributed by atoms with Gasteiger partial charge < -0.3 is 25.1 Å². The van der Waals surface area contributed by atoms with Crippen LogP contribution in [-0.2, 0) is 11.3 Å². The van der Waals surface area contributed by atoms with E-state index in [0.717, 1.165) is 56.8 Å². The molecule has 5 aliphatic rings. The highest BCUT2D eigenvalue weighted by molar-refractivity contribution is 5.98. The van der Waals surface area contributed by atoms with Gasteiger partial charge in [-0.25, -0.2) is 14.4 Å². The summed E-state index contributed by atoms with van der Waals surface area (Å²) in [5, 5.41) is 3.87. The molecule has 3 N–H and O–H groups in total. The molecule has 2 amide bonds. The Hall–Kier alpha value is -3.79. The molecule has 4 bridgehead atoms. The summed E-state index contributed by atoms with van der Waals surface area (Å²) in [4.78, 5) is 38.6. The lowest BCUT2D eigenvalue weighted by Crippen LogP contribution is -2.51. The van der Waals surface area contributed by atoms with E-state index in [1.165, 1.54) is 6.07 Å². The van der Waals surface area contributed by atoms with Crippen LogP contribution in [0, 0.1) is 23.6 Å². The first-order chi connectivity index (χ1) is 23.1. The summed E-state index contributed by atoms with van der Waals surface area (Å²) in [5.74, 6) is 0.644. The number of carbonyl (C=O) groups is 2. The Labute approximate surface area is 270 Å². The summed E-state index contributed by atoms with van der Waals surface area (Å²) in [6, 6.07) is 8.49. The number of halogens is 1. The number of carbonyl (C=O) groups excluding carboxylic acids is 2. The Bertz CT molecular complexity index is 1990. The first-order valence-corrected chi connectivity index (χ1v) is 17.2. The fourth-order valence-corrected chi connectivity index (χ4v) is 8.44. The van der Waals surface area contributed by atoms with Crippen molar-refractivity contribution < 1.29 is 16.7 Å². The Morgan fingerprint density at radius 1 is 1.02 bits per heavy atom. The summed E-state index contributed by atoms with van der Waals surface area (Å²) in [5.41, 5.74) is 9.05. The van der Waals surface area contributed by atoms with Gasteiger partial charge in [0, 0.05) is 50.8 Å². The number of piperidine rings is 1. The summed E-state index contributed by atoms with van der Waals surface area (Å²) in [6.07, 6.45) is 8.12. The van der Waals surface area contributed by atoms with Crippen molar-refractivity contribution in [3.63, 3.8) is 0 Å². The molecule has 240 valence electrons. The number of aromatic nitrogens is 4. The fourth-order valence-electron chi connectivity index (χ4n) is 8.44. The van der Waals surface area contributed by atoms with Crippen LogP contribution in [0.15, 0.2) is 30.3 Å². The predicted molar refractivity (Wildman–Crippen MR) is 173 cm³/mol. The third-order valence-corrected chi connectivity index (χ3v) is 11.3. The molecule has 1 aromatic carbocycles. The largest absolute Gasteiger partial charge is 0.348 e. The number of pyridine rings is 1. The van der Waals surface area contributed by atoms with E-state index in [-0.39, 0.29) is 53.9 Å². The van der Waals surface area contributed by atoms with E-state index in [4.69, 9.17) is 15.7 Å². The molecule has 3 saturated carbocycles. The summed E-state index contributed by atoms with van der Waals surface area (Å²) in [6.45, 7) is 0.582. The van der Waals surface area contributed by atoms with E-state index in [1.807, 2.05) is 34.6 Å². The fraction of sp³-hybridized carbons (Fsp3) is 0.556. The SMILES string of the molecule is [2H]C1([2H])CCCC[C@@H]2C[C@H]2C(=O)N[C@H](C)c2ccc3cc(-c4nc5cc(C(=O)N6C[C@H](N)[C@@H]7CC[C@H]6C7)cc(F)c5n4C4CC4)n1c3n2. The maximum atomic E-state index is 16.3. The standard InChI is InChI=1S/C36H42FN7O2/c1-19-29-11-7-22-17-31(42(33(22)40-29)12-4-2-3-5-20-14-26(20)35(45)39-19)34-41-30-16-23(15-27(37)32(30)44(34)24-9-10-24)36(46)43-18-28(38)21-6-8-25(43)13-21/h7,11,15-17,19-21,24-26,28H,2-6,8-10,12-14,18,38H2,1H3,(H,39,45)/t19-,20-,21-,25+,26-,28+/m1/s1/i12D2. The Kier molecular flexibility index (Phi) is 6.07. The molecular formula is C36H42FN7O2. The number of hydrogen-bond acceptors (Lipinski definition) is 5. The van der Waals surface area contributed by atoms with Crippen molar-refractivity contribution in [2.24, 2.45) is 23.5 Å². The molecule has 0 spiro atoms. The molecule has 0 unspecified atom stereocenters. The van der Waals surface area contributed by atoms with Crippen molar-refractivity contribution in [1.29, 1.82) is 0 Å². The monoisotopic (exact) mass is 625 g/mol. The van der Waals surface area contributed by atoms with Crippen LogP contribution in [0.5, 0.6) is 0 Å². The van der Waals surface area contributed by atoms with Gasteiger partial charge in [-0.3, -0.25) is 9.59 Å². The lowest BCUT2D eigenvalue weighted by Gasteiger charge is -2.37. The zero-order valence-electron chi connectivity index (χ0n) is 28.2. The van der Waals surface area contributed by atoms with Crippen LogP contribution >= 0.6 is 0 Å². The zero-order valence-corrected chi connectivity index (χ0v) is 26.2. The number of aryl methyl sites for hydroxylation is 1. The first kappa shape index (κ1) is 26.3. The molecular weight excluding hydrogens is 581 g/mol. The zero-order chi connectivity index (χ0) is 33.1. The molecule has 9 rings (SSSR count). The van der Waals surface area contributed by atoms with Crippen molar-refractivity contribution in [3.8, 4) is 11.5 Å². The van der Waals surface area contributed by atoms with Crippen LogP contribution in [0.1, 0.15) is 102 Å². The van der Waals surface area contributed by atoms with Gasteiger partial charge in [0.2, 0.25) is 5.91 Å². The number of likely N-dealkylation sites (tertiary alicyclic amines) is 1. The molecule has 4 fully saturated rings. The summed E-state index contributed by atoms with van der Waals surface area (Å²) >= 11 is 0. The van der Waals surface area contributed by atoms with E-state index in [1.54, 1.807) is 10.6 Å². The maximum Gasteiger partial charge on any atom is 0.254 e. The average molecular weight is 626 g/mol. The van der Waals surface area contributed by atoms with Gasteiger partial charge in [0.05, 0.1) is 22.9 Å². The van der Waals surface area contributed by atoms with Gasteiger partial charge in [-0.15, -0.1) is 0 Å². The number of amides is 2. The molecule has 3 aromatic heterocycles. The molecule has 1 saturated heterocycles. The molecule has 10 heteroatoms. The normalized spacial score (nSPS) is 31.4. The topological polar surface area (TPSA) is 111 Å². The molecule has 6 atom stereocenters. The van der Waals surface area contributed by atoms with Gasteiger partial charge >= 0.3 is 0 Å². The smallest absolute Gasteiger partial charge is 0.254 e. The van der Waals surface area contributed by atoms with Crippen LogP contribution in [-0.4, -0.2) is 54.4 Å². The lowest BCUT2D eigenvalue weighted by atomic mass is 9.94. The van der Waals surface area contributed by atoms with Crippen LogP contribution in [0.4, 0.5) is 4.39 Å². The third-order valence-electron chi connectivity index (χ3n) is 11.3. The number of nitrogens with two attached hydrogens (primary N) is 1. The van der Waals surface area contributed by atoms with E-state index in [0.29, 0.717) is 58.7 Å². The average Bonchev–Trinajstić information content (AvgIpc) is 3.92. The van der Waals surface area contributed by atoms with Crippen LogP contribution < -0.4 is 11.1 Å². The second-order valence-corrected chi connectivity index (χ2v) is 14.5. The second-order valence-electron chi connectivity index (χ2n) is 14.5. The second kappa shape index (κ2) is 10.6. The maximum absolute atomic E-state index is 16.3. The van der Waals surface area contributed by atoms with E-state index >= 15 is 4.39 Å². The molecule has 2 aliphatic heterocycles. The lowest BCUT2D eigenvalue weighted by molar-refractivity contribution is -0.123. The van der Waals surface area contributed by atoms with Crippen molar-refractivity contribution in [1.82, 2.24) is 29.3 Å². The van der Waals surface area contributed by atoms with Crippen molar-refractivity contribution in [2.45, 2.75) is 102 Å². The van der Waals surface area contributed by atoms with Crippen LogP contribution in [0.25, 0.3) is 33.6 Å². The van der Waals surface area contributed by atoms with Crippen LogP contribution in [0.2, 0.25) is 0 Å². The minimum atomic E-state index is -1.80. The number of imidazole rings is 1. The number of benzene rings is 1. The summed E-state index contributed by atoms with van der Waals surface area (Å²) in [7, 11) is 0. The molecule has 9 nitrogen and oxygen atoms in total. The number of hydrogen-bond donors (Lipinski definition) is 2. The van der Waals surface area contributed by atoms with Crippen molar-refractivity contribution in [2.75, 3.05) is 6.54 Å². The van der Waals surface area contributed by atoms with Gasteiger partial charge in [-0.05, 0) is 100 Å². The number of nitrogens with one attached hydrogen (secondary N) is 1. The minimum Gasteiger partial charge on any atom is -0.348 e. The molecule has 5 heterocycles. The molecule has 3 aliphatic carbocycles. The number of nitrogens with zero attached hydrogens (tertiary/aromatic N) is 5. The van der Waals surface area contributed by atoms with E-state index < -0.39 is 12.3 Å². The quantitative estimate of drug-likeness (QED) is 0.296. The van der Waals surface area contributed by atoms with E-state index in [2.05, 4.69) is 5.32 Å². The van der Waals surface area contributed by atoms with E-state index in [9.17, 15) is 12.3 Å². The van der Waals surface area contributed by atoms with Crippen LogP contribution in [0.3, 0.4) is 0 Å². The highest BCUT2D eigenvalue weighted by Gasteiger charge is 2.43. The van der Waals surface area contributed by atoms with Gasteiger partial charge in [0.1, 0.15) is 17.0 Å². The van der Waals surface area contributed by atoms with Gasteiger partial charge in [-0.1, -0.05) is 12.8 Å². The molecule has 46 heavy (non-hydrogen) atoms. The van der Waals surface area contributed by atoms with Gasteiger partial charge in [-0.2, -0.15) is 0 Å². The highest BCUT2D eigenvalue weighted by Crippen LogP contribution is 2.45. The minimum absolute atomic E-state index is 0.0250. The Balaban J connectivity index is 1.17. The molecule has 4 aromatic rings. The van der Waals surface area contributed by atoms with Crippen molar-refractivity contribution >= 4 is 33.9 Å². The van der Waals surface area contributed by atoms with Crippen molar-refractivity contribution in [3.05, 3.63) is 47.4 Å². The number of rotatable bonds is 3. The first-order valence-electron chi connectivity index (χ1n) is 18.2. The van der Waals surface area contributed by atoms with Gasteiger partial charge in [0.15, 0.2) is 5.82 Å². The Morgan fingerprint density at radius 2 is 1.87 bits per heavy atom. The summed E-state index contributed by atoms with van der Waals surface area (Å²) < 4.78 is 38.6.